The van der Waals surface area contributed by atoms with Crippen LogP contribution < -0.4 is 22.1 Å². The van der Waals surface area contributed by atoms with Crippen LogP contribution in [0.2, 0.25) is 0 Å². The molecule has 0 spiro atoms. The van der Waals surface area contributed by atoms with Crippen molar-refractivity contribution in [2.75, 3.05) is 0 Å². The first kappa shape index (κ1) is 22.8. The Hall–Kier alpha value is -2.16. The van der Waals surface area contributed by atoms with Crippen LogP contribution in [0.4, 0.5) is 0 Å². The summed E-state index contributed by atoms with van der Waals surface area (Å²) < 4.78 is 0. The fourth-order valence-corrected chi connectivity index (χ4v) is 2.18. The molecule has 7 N–H and O–H groups in total. The van der Waals surface area contributed by atoms with E-state index < -0.39 is 41.8 Å². The molecule has 9 nitrogen and oxygen atoms in total. The summed E-state index contributed by atoms with van der Waals surface area (Å²) in [6, 6.07) is -2.94. The lowest BCUT2D eigenvalue weighted by Gasteiger charge is -2.25. The third-order valence-electron chi connectivity index (χ3n) is 3.61. The summed E-state index contributed by atoms with van der Waals surface area (Å²) in [5.41, 5.74) is 10.7. The van der Waals surface area contributed by atoms with E-state index in [0.717, 1.165) is 0 Å². The highest BCUT2D eigenvalue weighted by molar-refractivity contribution is 5.92. The second-order valence-electron chi connectivity index (χ2n) is 6.87. The molecule has 0 aliphatic rings. The van der Waals surface area contributed by atoms with Gasteiger partial charge in [-0.15, -0.1) is 0 Å². The highest BCUT2D eigenvalue weighted by atomic mass is 16.4. The van der Waals surface area contributed by atoms with Crippen LogP contribution in [-0.4, -0.2) is 46.9 Å². The fourth-order valence-electron chi connectivity index (χ4n) is 2.18. The molecule has 0 aromatic rings. The molecular weight excluding hydrogens is 328 g/mol. The first-order valence-electron chi connectivity index (χ1n) is 8.33. The molecule has 144 valence electrons. The van der Waals surface area contributed by atoms with Gasteiger partial charge in [-0.25, -0.2) is 4.79 Å². The van der Waals surface area contributed by atoms with Gasteiger partial charge in [-0.1, -0.05) is 27.7 Å². The van der Waals surface area contributed by atoms with E-state index in [1.165, 1.54) is 0 Å². The van der Waals surface area contributed by atoms with Gasteiger partial charge in [-0.05, 0) is 24.7 Å². The minimum absolute atomic E-state index is 0.0391. The molecule has 0 heterocycles. The Morgan fingerprint density at radius 1 is 1.00 bits per heavy atom. The molecule has 0 aromatic heterocycles. The number of nitrogens with one attached hydrogen (secondary N) is 2. The average Bonchev–Trinajstić information content (AvgIpc) is 2.47. The summed E-state index contributed by atoms with van der Waals surface area (Å²) in [6.07, 6.45) is 0.305. The monoisotopic (exact) mass is 358 g/mol. The van der Waals surface area contributed by atoms with E-state index >= 15 is 0 Å². The first-order valence-corrected chi connectivity index (χ1v) is 8.33. The number of hydrogen-bond donors (Lipinski definition) is 5. The van der Waals surface area contributed by atoms with Crippen molar-refractivity contribution in [1.82, 2.24) is 10.6 Å². The number of carbonyl (C=O) groups excluding carboxylic acids is 3. The molecule has 0 aliphatic carbocycles. The van der Waals surface area contributed by atoms with Crippen molar-refractivity contribution in [1.29, 1.82) is 0 Å². The number of carboxylic acids is 1. The Morgan fingerprint density at radius 2 is 1.56 bits per heavy atom. The quantitative estimate of drug-likeness (QED) is 0.329. The van der Waals surface area contributed by atoms with Crippen LogP contribution in [0.1, 0.15) is 47.0 Å². The predicted octanol–water partition coefficient (Wildman–Crippen LogP) is -0.664. The van der Waals surface area contributed by atoms with Crippen LogP contribution >= 0.6 is 0 Å². The molecule has 0 rings (SSSR count). The zero-order chi connectivity index (χ0) is 19.7. The summed E-state index contributed by atoms with van der Waals surface area (Å²) in [5, 5.41) is 14.2. The first-order chi connectivity index (χ1) is 11.5. The number of carboxylic acid groups (broad SMARTS) is 1. The van der Waals surface area contributed by atoms with Crippen molar-refractivity contribution >= 4 is 23.7 Å². The molecule has 0 aliphatic heterocycles. The van der Waals surface area contributed by atoms with Gasteiger partial charge in [0.1, 0.15) is 12.1 Å². The standard InChI is InChI=1S/C16H30N4O5/c1-8(2)7-11(16(24)25)19-15(23)13(9(3)4)20-14(22)10(17)5-6-12(18)21/h8-11,13H,5-7,17H2,1-4H3,(H2,18,21)(H,19,23)(H,20,22)(H,24,25). The summed E-state index contributed by atoms with van der Waals surface area (Å²) in [5.74, 6) is -3.07. The maximum atomic E-state index is 12.4. The summed E-state index contributed by atoms with van der Waals surface area (Å²) in [7, 11) is 0. The number of nitrogens with two attached hydrogens (primary N) is 2. The van der Waals surface area contributed by atoms with Crippen molar-refractivity contribution in [3.8, 4) is 0 Å². The Kier molecular flexibility index (Phi) is 9.73. The molecule has 0 fully saturated rings. The van der Waals surface area contributed by atoms with E-state index in [1.54, 1.807) is 13.8 Å². The zero-order valence-electron chi connectivity index (χ0n) is 15.2. The maximum absolute atomic E-state index is 12.4. The summed E-state index contributed by atoms with van der Waals surface area (Å²) >= 11 is 0. The Morgan fingerprint density at radius 3 is 1.96 bits per heavy atom. The fraction of sp³-hybridized carbons (Fsp3) is 0.750. The zero-order valence-corrected chi connectivity index (χ0v) is 15.2. The van der Waals surface area contributed by atoms with E-state index in [-0.39, 0.29) is 31.1 Å². The molecule has 3 amide bonds. The Bertz CT molecular complexity index is 493. The van der Waals surface area contributed by atoms with Gasteiger partial charge in [-0.2, -0.15) is 0 Å². The number of rotatable bonds is 11. The van der Waals surface area contributed by atoms with E-state index in [1.807, 2.05) is 13.8 Å². The average molecular weight is 358 g/mol. The summed E-state index contributed by atoms with van der Waals surface area (Å²) in [4.78, 5) is 46.5. The maximum Gasteiger partial charge on any atom is 0.326 e. The highest BCUT2D eigenvalue weighted by Gasteiger charge is 2.30. The SMILES string of the molecule is CC(C)CC(NC(=O)C(NC(=O)C(N)CCC(N)=O)C(C)C)C(=O)O. The summed E-state index contributed by atoms with van der Waals surface area (Å²) in [6.45, 7) is 7.14. The molecule has 0 bridgehead atoms. The van der Waals surface area contributed by atoms with Crippen LogP contribution in [0.15, 0.2) is 0 Å². The third kappa shape index (κ3) is 9.04. The third-order valence-corrected chi connectivity index (χ3v) is 3.61. The molecule has 3 unspecified atom stereocenters. The normalized spacial score (nSPS) is 14.7. The number of aliphatic carboxylic acids is 1. The lowest BCUT2D eigenvalue weighted by molar-refractivity contribution is -0.143. The second-order valence-corrected chi connectivity index (χ2v) is 6.87. The van der Waals surface area contributed by atoms with Gasteiger partial charge in [0.25, 0.3) is 0 Å². The molecule has 0 saturated carbocycles. The number of hydrogen-bond acceptors (Lipinski definition) is 5. The smallest absolute Gasteiger partial charge is 0.326 e. The molecular formula is C16H30N4O5. The van der Waals surface area contributed by atoms with Crippen LogP contribution in [0.5, 0.6) is 0 Å². The topological polar surface area (TPSA) is 165 Å². The van der Waals surface area contributed by atoms with Crippen molar-refractivity contribution in [2.45, 2.75) is 65.1 Å². The lowest BCUT2D eigenvalue weighted by Crippen LogP contribution is -2.56. The van der Waals surface area contributed by atoms with Crippen LogP contribution in [0.25, 0.3) is 0 Å². The van der Waals surface area contributed by atoms with Crippen molar-refractivity contribution < 1.29 is 24.3 Å². The Balaban J connectivity index is 4.91. The van der Waals surface area contributed by atoms with E-state index in [0.29, 0.717) is 0 Å². The molecule has 3 atom stereocenters. The number of primary amides is 1. The van der Waals surface area contributed by atoms with E-state index in [4.69, 9.17) is 11.5 Å². The lowest BCUT2D eigenvalue weighted by atomic mass is 10.00. The number of carbonyl (C=O) groups is 4. The molecule has 0 aromatic carbocycles. The van der Waals surface area contributed by atoms with Gasteiger partial charge in [0.05, 0.1) is 6.04 Å². The Labute approximate surface area is 147 Å². The minimum Gasteiger partial charge on any atom is -0.480 e. The van der Waals surface area contributed by atoms with Gasteiger partial charge >= 0.3 is 5.97 Å². The van der Waals surface area contributed by atoms with Gasteiger partial charge in [0.15, 0.2) is 0 Å². The minimum atomic E-state index is -1.13. The van der Waals surface area contributed by atoms with Crippen LogP contribution in [0.3, 0.4) is 0 Å². The predicted molar refractivity (Wildman–Crippen MR) is 92.2 cm³/mol. The molecule has 0 saturated heterocycles. The van der Waals surface area contributed by atoms with Gasteiger partial charge < -0.3 is 27.2 Å². The van der Waals surface area contributed by atoms with Gasteiger partial charge in [0, 0.05) is 6.42 Å². The van der Waals surface area contributed by atoms with Crippen molar-refractivity contribution in [3.05, 3.63) is 0 Å². The molecule has 9 heteroatoms. The highest BCUT2D eigenvalue weighted by Crippen LogP contribution is 2.08. The van der Waals surface area contributed by atoms with Gasteiger partial charge in [0.2, 0.25) is 17.7 Å². The van der Waals surface area contributed by atoms with E-state index in [2.05, 4.69) is 10.6 Å². The molecule has 0 radical (unpaired) electrons. The van der Waals surface area contributed by atoms with Crippen LogP contribution in [-0.2, 0) is 19.2 Å². The van der Waals surface area contributed by atoms with Gasteiger partial charge in [-0.3, -0.25) is 14.4 Å². The van der Waals surface area contributed by atoms with Crippen molar-refractivity contribution in [3.63, 3.8) is 0 Å². The second kappa shape index (κ2) is 10.7. The van der Waals surface area contributed by atoms with E-state index in [9.17, 15) is 24.3 Å². The molecule has 25 heavy (non-hydrogen) atoms. The van der Waals surface area contributed by atoms with Crippen LogP contribution in [0, 0.1) is 11.8 Å². The number of amides is 3. The largest absolute Gasteiger partial charge is 0.480 e. The van der Waals surface area contributed by atoms with Crippen molar-refractivity contribution in [2.24, 2.45) is 23.3 Å².